The van der Waals surface area contributed by atoms with Crippen LogP contribution in [0.25, 0.3) is 6.08 Å². The van der Waals surface area contributed by atoms with E-state index in [1.165, 1.54) is 6.07 Å². The first kappa shape index (κ1) is 26.7. The minimum Gasteiger partial charge on any atom is -0.491 e. The highest BCUT2D eigenvalue weighted by Gasteiger charge is 2.28. The fourth-order valence-electron chi connectivity index (χ4n) is 5.79. The van der Waals surface area contributed by atoms with E-state index in [4.69, 9.17) is 9.47 Å². The summed E-state index contributed by atoms with van der Waals surface area (Å²) in [5, 5.41) is 0. The predicted octanol–water partition coefficient (Wildman–Crippen LogP) is 8.69. The maximum Gasteiger partial charge on any atom is 0.200 e. The van der Waals surface area contributed by atoms with Gasteiger partial charge in [-0.2, -0.15) is 4.39 Å². The molecular weight excluding hydrogens is 468 g/mol. The van der Waals surface area contributed by atoms with Crippen LogP contribution >= 0.6 is 0 Å². The van der Waals surface area contributed by atoms with Gasteiger partial charge in [0.2, 0.25) is 5.82 Å². The van der Waals surface area contributed by atoms with Crippen LogP contribution in [0.15, 0.2) is 30.3 Å². The number of allylic oxidation sites excluding steroid dienone is 1. The predicted molar refractivity (Wildman–Crippen MR) is 134 cm³/mol. The zero-order valence-corrected chi connectivity index (χ0v) is 21.2. The van der Waals surface area contributed by atoms with E-state index in [1.54, 1.807) is 31.2 Å². The zero-order chi connectivity index (χ0) is 25.7. The lowest BCUT2D eigenvalue weighted by atomic mass is 9.78. The summed E-state index contributed by atoms with van der Waals surface area (Å²) in [6, 6.07) is 6.51. The molecule has 2 fully saturated rings. The molecule has 0 unspecified atom stereocenters. The Kier molecular flexibility index (Phi) is 9.10. The van der Waals surface area contributed by atoms with Crippen molar-refractivity contribution in [1.29, 1.82) is 0 Å². The molecule has 0 amide bonds. The number of rotatable bonds is 8. The second kappa shape index (κ2) is 12.3. The third-order valence-electron chi connectivity index (χ3n) is 7.79. The van der Waals surface area contributed by atoms with E-state index in [2.05, 4.69) is 0 Å². The Balaban J connectivity index is 1.35. The number of hydrogen-bond acceptors (Lipinski definition) is 2. The van der Waals surface area contributed by atoms with Crippen LogP contribution in [0.3, 0.4) is 0 Å². The third-order valence-corrected chi connectivity index (χ3v) is 7.79. The van der Waals surface area contributed by atoms with Gasteiger partial charge in [-0.05, 0) is 100 Å². The third kappa shape index (κ3) is 5.96. The van der Waals surface area contributed by atoms with Crippen LogP contribution < -0.4 is 4.74 Å². The molecule has 0 aliphatic heterocycles. The molecule has 0 N–H and O–H groups in total. The molecule has 196 valence electrons. The van der Waals surface area contributed by atoms with Crippen LogP contribution in [0.5, 0.6) is 5.75 Å². The molecule has 4 rings (SSSR count). The first-order valence-electron chi connectivity index (χ1n) is 13.3. The van der Waals surface area contributed by atoms with Crippen molar-refractivity contribution >= 4 is 6.08 Å². The van der Waals surface area contributed by atoms with Crippen LogP contribution in [0.4, 0.5) is 17.6 Å². The van der Waals surface area contributed by atoms with Gasteiger partial charge < -0.3 is 9.47 Å². The second-order valence-corrected chi connectivity index (χ2v) is 9.99. The van der Waals surface area contributed by atoms with Gasteiger partial charge in [-0.15, -0.1) is 0 Å². The average Bonchev–Trinajstić information content (AvgIpc) is 2.89. The molecule has 2 aromatic rings. The standard InChI is InChI=1S/C30H36F4O2/c1-3-35-23-14-11-21(12-15-23)24-16-13-22(27(31)28(24)32)10-7-19-5-8-20(9-6-19)25-17-18-26(36-4-2)30(34)29(25)33/h7,10,13,16-21,23H,3-6,8-9,11-12,14-15H2,1-2H3/b10-7+. The summed E-state index contributed by atoms with van der Waals surface area (Å²) in [6.45, 7) is 4.65. The molecule has 0 spiro atoms. The normalized spacial score (nSPS) is 24.8. The molecule has 2 aromatic carbocycles. The van der Waals surface area contributed by atoms with E-state index in [0.29, 0.717) is 30.6 Å². The summed E-state index contributed by atoms with van der Waals surface area (Å²) in [7, 11) is 0. The molecule has 2 aliphatic rings. The van der Waals surface area contributed by atoms with Crippen molar-refractivity contribution in [1.82, 2.24) is 0 Å². The van der Waals surface area contributed by atoms with Gasteiger partial charge in [-0.25, -0.2) is 13.2 Å². The molecule has 2 aliphatic carbocycles. The van der Waals surface area contributed by atoms with Gasteiger partial charge in [-0.1, -0.05) is 30.4 Å². The first-order chi connectivity index (χ1) is 17.4. The van der Waals surface area contributed by atoms with Crippen molar-refractivity contribution in [3.05, 3.63) is 70.3 Å². The second-order valence-electron chi connectivity index (χ2n) is 9.99. The molecule has 36 heavy (non-hydrogen) atoms. The largest absolute Gasteiger partial charge is 0.491 e. The molecule has 0 aromatic heterocycles. The van der Waals surface area contributed by atoms with E-state index >= 15 is 0 Å². The Morgan fingerprint density at radius 1 is 0.694 bits per heavy atom. The first-order valence-corrected chi connectivity index (χ1v) is 13.3. The molecule has 0 radical (unpaired) electrons. The Morgan fingerprint density at radius 3 is 1.89 bits per heavy atom. The minimum atomic E-state index is -0.931. The van der Waals surface area contributed by atoms with E-state index in [-0.39, 0.29) is 41.8 Å². The van der Waals surface area contributed by atoms with Crippen LogP contribution in [0.2, 0.25) is 0 Å². The number of hydrogen-bond donors (Lipinski definition) is 0. The average molecular weight is 505 g/mol. The van der Waals surface area contributed by atoms with Gasteiger partial charge in [0, 0.05) is 12.2 Å². The Hall–Kier alpha value is -2.34. The molecule has 0 bridgehead atoms. The van der Waals surface area contributed by atoms with E-state index in [1.807, 2.05) is 13.0 Å². The smallest absolute Gasteiger partial charge is 0.200 e. The van der Waals surface area contributed by atoms with Gasteiger partial charge in [0.25, 0.3) is 0 Å². The maximum atomic E-state index is 14.9. The summed E-state index contributed by atoms with van der Waals surface area (Å²) < 4.78 is 69.5. The van der Waals surface area contributed by atoms with Crippen molar-refractivity contribution in [2.75, 3.05) is 13.2 Å². The van der Waals surface area contributed by atoms with E-state index in [0.717, 1.165) is 38.5 Å². The summed E-state index contributed by atoms with van der Waals surface area (Å²) in [6.07, 6.45) is 10.1. The molecule has 0 heterocycles. The van der Waals surface area contributed by atoms with E-state index in [9.17, 15) is 17.6 Å². The zero-order valence-electron chi connectivity index (χ0n) is 21.2. The Labute approximate surface area is 211 Å². The molecule has 0 atom stereocenters. The maximum absolute atomic E-state index is 14.9. The highest BCUT2D eigenvalue weighted by atomic mass is 19.2. The molecular formula is C30H36F4O2. The van der Waals surface area contributed by atoms with Crippen molar-refractivity contribution in [3.8, 4) is 5.75 Å². The van der Waals surface area contributed by atoms with Crippen molar-refractivity contribution in [3.63, 3.8) is 0 Å². The van der Waals surface area contributed by atoms with Gasteiger partial charge in [0.1, 0.15) is 0 Å². The Morgan fingerprint density at radius 2 is 1.28 bits per heavy atom. The van der Waals surface area contributed by atoms with Gasteiger partial charge in [0.05, 0.1) is 12.7 Å². The van der Waals surface area contributed by atoms with Gasteiger partial charge in [0.15, 0.2) is 23.2 Å². The highest BCUT2D eigenvalue weighted by molar-refractivity contribution is 5.52. The molecule has 6 heteroatoms. The number of ether oxygens (including phenoxy) is 2. The highest BCUT2D eigenvalue weighted by Crippen LogP contribution is 2.40. The summed E-state index contributed by atoms with van der Waals surface area (Å²) >= 11 is 0. The van der Waals surface area contributed by atoms with Crippen molar-refractivity contribution in [2.45, 2.75) is 83.2 Å². The monoisotopic (exact) mass is 504 g/mol. The summed E-state index contributed by atoms with van der Waals surface area (Å²) in [4.78, 5) is 0. The van der Waals surface area contributed by atoms with Crippen LogP contribution in [0.1, 0.15) is 93.7 Å². The SMILES string of the molecule is CCOc1ccc(C2CCC(/C=C/c3ccc(C4CCC(OCC)CC4)c(F)c3F)CC2)c(F)c1F. The molecule has 2 nitrogen and oxygen atoms in total. The topological polar surface area (TPSA) is 18.5 Å². The summed E-state index contributed by atoms with van der Waals surface area (Å²) in [5.41, 5.74) is 1.10. The lowest BCUT2D eigenvalue weighted by Crippen LogP contribution is -2.21. The fourth-order valence-corrected chi connectivity index (χ4v) is 5.79. The Bertz CT molecular complexity index is 1050. The van der Waals surface area contributed by atoms with E-state index < -0.39 is 23.3 Å². The summed E-state index contributed by atoms with van der Waals surface area (Å²) in [5.74, 6) is -3.21. The van der Waals surface area contributed by atoms with Crippen molar-refractivity contribution in [2.24, 2.45) is 5.92 Å². The van der Waals surface area contributed by atoms with Gasteiger partial charge >= 0.3 is 0 Å². The molecule has 2 saturated carbocycles. The lowest BCUT2D eigenvalue weighted by Gasteiger charge is -2.29. The fraction of sp³-hybridized carbons (Fsp3) is 0.533. The number of halogens is 4. The van der Waals surface area contributed by atoms with Crippen LogP contribution in [-0.4, -0.2) is 19.3 Å². The lowest BCUT2D eigenvalue weighted by molar-refractivity contribution is 0.0325. The van der Waals surface area contributed by atoms with Crippen LogP contribution in [-0.2, 0) is 4.74 Å². The van der Waals surface area contributed by atoms with Crippen LogP contribution in [0, 0.1) is 29.2 Å². The molecule has 0 saturated heterocycles. The van der Waals surface area contributed by atoms with Gasteiger partial charge in [-0.3, -0.25) is 0 Å². The quantitative estimate of drug-likeness (QED) is 0.335. The minimum absolute atomic E-state index is 0.0253. The number of benzene rings is 2. The van der Waals surface area contributed by atoms with Crippen molar-refractivity contribution < 1.29 is 27.0 Å².